The van der Waals surface area contributed by atoms with Crippen LogP contribution in [0.3, 0.4) is 0 Å². The number of aromatic nitrogens is 3. The van der Waals surface area contributed by atoms with Crippen molar-refractivity contribution in [2.75, 3.05) is 12.3 Å². The number of halogens is 1. The maximum atomic E-state index is 13.5. The van der Waals surface area contributed by atoms with Crippen LogP contribution < -0.4 is 15.2 Å². The molecule has 6 nitrogen and oxygen atoms in total. The van der Waals surface area contributed by atoms with Gasteiger partial charge in [0.15, 0.2) is 11.6 Å². The smallest absolute Gasteiger partial charge is 0.330 e. The van der Waals surface area contributed by atoms with Crippen LogP contribution in [0.4, 0.5) is 10.3 Å². The summed E-state index contributed by atoms with van der Waals surface area (Å²) in [4.78, 5) is 11.4. The first kappa shape index (κ1) is 13.0. The van der Waals surface area contributed by atoms with Crippen LogP contribution in [0.25, 0.3) is 0 Å². The van der Waals surface area contributed by atoms with Gasteiger partial charge in [-0.2, -0.15) is 9.97 Å². The van der Waals surface area contributed by atoms with Gasteiger partial charge in [-0.3, -0.25) is 0 Å². The molecule has 7 heteroatoms. The summed E-state index contributed by atoms with van der Waals surface area (Å²) >= 11 is 0. The lowest BCUT2D eigenvalue weighted by Gasteiger charge is -2.07. The largest absolute Gasteiger partial charge is 0.464 e. The van der Waals surface area contributed by atoms with Crippen molar-refractivity contribution in [3.63, 3.8) is 0 Å². The van der Waals surface area contributed by atoms with Crippen molar-refractivity contribution >= 4 is 5.95 Å². The molecule has 0 amide bonds. The number of ether oxygens (including phenoxy) is 2. The van der Waals surface area contributed by atoms with Crippen LogP contribution in [0.2, 0.25) is 0 Å². The second kappa shape index (κ2) is 5.47. The third-order valence-corrected chi connectivity index (χ3v) is 2.17. The summed E-state index contributed by atoms with van der Waals surface area (Å²) in [5.74, 6) is -0.544. The van der Waals surface area contributed by atoms with E-state index in [0.29, 0.717) is 6.61 Å². The predicted molar refractivity (Wildman–Crippen MR) is 66.6 cm³/mol. The SMILES string of the molecule is CCOc1nc(N)nc(Oc2cc(C)ccc2F)n1. The van der Waals surface area contributed by atoms with E-state index in [0.717, 1.165) is 5.56 Å². The highest BCUT2D eigenvalue weighted by Gasteiger charge is 2.10. The topological polar surface area (TPSA) is 83.2 Å². The Morgan fingerprint density at radius 3 is 2.68 bits per heavy atom. The van der Waals surface area contributed by atoms with Gasteiger partial charge in [0.1, 0.15) is 0 Å². The molecule has 1 aromatic carbocycles. The molecule has 2 aromatic rings. The molecule has 1 aromatic heterocycles. The molecular formula is C12H13FN4O2. The van der Waals surface area contributed by atoms with Gasteiger partial charge in [0, 0.05) is 0 Å². The third kappa shape index (κ3) is 3.27. The van der Waals surface area contributed by atoms with Gasteiger partial charge in [-0.25, -0.2) is 4.39 Å². The Bertz CT molecular complexity index is 592. The van der Waals surface area contributed by atoms with Crippen molar-refractivity contribution in [3.8, 4) is 17.8 Å². The minimum Gasteiger partial charge on any atom is -0.464 e. The van der Waals surface area contributed by atoms with E-state index in [4.69, 9.17) is 15.2 Å². The molecule has 0 atom stereocenters. The number of nitrogens with zero attached hydrogens (tertiary/aromatic N) is 3. The van der Waals surface area contributed by atoms with E-state index in [1.54, 1.807) is 13.0 Å². The third-order valence-electron chi connectivity index (χ3n) is 2.17. The van der Waals surface area contributed by atoms with E-state index < -0.39 is 5.82 Å². The Balaban J connectivity index is 2.29. The van der Waals surface area contributed by atoms with Gasteiger partial charge in [-0.15, -0.1) is 4.98 Å². The van der Waals surface area contributed by atoms with Crippen molar-refractivity contribution in [1.29, 1.82) is 0 Å². The van der Waals surface area contributed by atoms with E-state index in [1.165, 1.54) is 12.1 Å². The Labute approximate surface area is 109 Å². The highest BCUT2D eigenvalue weighted by atomic mass is 19.1. The van der Waals surface area contributed by atoms with Crippen LogP contribution in [0.1, 0.15) is 12.5 Å². The summed E-state index contributed by atoms with van der Waals surface area (Å²) < 4.78 is 23.9. The standard InChI is InChI=1S/C12H13FN4O2/c1-3-18-11-15-10(14)16-12(17-11)19-9-6-7(2)4-5-8(9)13/h4-6H,3H2,1-2H3,(H2,14,15,16,17). The number of nitrogen functional groups attached to an aromatic ring is 1. The van der Waals surface area contributed by atoms with E-state index in [9.17, 15) is 4.39 Å². The number of aryl methyl sites for hydroxylation is 1. The van der Waals surface area contributed by atoms with Crippen molar-refractivity contribution in [2.45, 2.75) is 13.8 Å². The molecule has 0 radical (unpaired) electrons. The average molecular weight is 264 g/mol. The lowest BCUT2D eigenvalue weighted by molar-refractivity contribution is 0.302. The second-order valence-corrected chi connectivity index (χ2v) is 3.73. The molecule has 0 aliphatic rings. The molecule has 0 saturated heterocycles. The van der Waals surface area contributed by atoms with Crippen molar-refractivity contribution in [1.82, 2.24) is 15.0 Å². The van der Waals surface area contributed by atoms with Crippen molar-refractivity contribution in [2.24, 2.45) is 0 Å². The number of rotatable bonds is 4. The number of nitrogens with two attached hydrogens (primary N) is 1. The van der Waals surface area contributed by atoms with E-state index in [2.05, 4.69) is 15.0 Å². The predicted octanol–water partition coefficient (Wildman–Crippen LogP) is 2.09. The molecular weight excluding hydrogens is 251 g/mol. The van der Waals surface area contributed by atoms with E-state index >= 15 is 0 Å². The van der Waals surface area contributed by atoms with Crippen LogP contribution >= 0.6 is 0 Å². The molecule has 0 aliphatic heterocycles. The van der Waals surface area contributed by atoms with Crippen LogP contribution in [0.15, 0.2) is 18.2 Å². The van der Waals surface area contributed by atoms with Crippen molar-refractivity contribution < 1.29 is 13.9 Å². The van der Waals surface area contributed by atoms with Gasteiger partial charge < -0.3 is 15.2 Å². The van der Waals surface area contributed by atoms with Gasteiger partial charge in [-0.1, -0.05) is 6.07 Å². The van der Waals surface area contributed by atoms with Gasteiger partial charge >= 0.3 is 12.0 Å². The summed E-state index contributed by atoms with van der Waals surface area (Å²) in [5.41, 5.74) is 6.35. The molecule has 2 N–H and O–H groups in total. The molecule has 2 rings (SSSR count). The number of anilines is 1. The average Bonchev–Trinajstić information content (AvgIpc) is 2.33. The highest BCUT2D eigenvalue weighted by molar-refractivity contribution is 5.32. The van der Waals surface area contributed by atoms with Gasteiger partial charge in [0.25, 0.3) is 0 Å². The second-order valence-electron chi connectivity index (χ2n) is 3.73. The first-order valence-corrected chi connectivity index (χ1v) is 5.67. The highest BCUT2D eigenvalue weighted by Crippen LogP contribution is 2.24. The quantitative estimate of drug-likeness (QED) is 0.910. The monoisotopic (exact) mass is 264 g/mol. The Hall–Kier alpha value is -2.44. The molecule has 0 fully saturated rings. The maximum absolute atomic E-state index is 13.5. The maximum Gasteiger partial charge on any atom is 0.330 e. The Kier molecular flexibility index (Phi) is 3.74. The molecule has 1 heterocycles. The van der Waals surface area contributed by atoms with Gasteiger partial charge in [-0.05, 0) is 31.5 Å². The minimum absolute atomic E-state index is 0.0213. The van der Waals surface area contributed by atoms with E-state index in [-0.39, 0.29) is 23.7 Å². The van der Waals surface area contributed by atoms with Gasteiger partial charge in [0.05, 0.1) is 6.61 Å². The zero-order valence-corrected chi connectivity index (χ0v) is 10.6. The van der Waals surface area contributed by atoms with Crippen LogP contribution in [-0.2, 0) is 0 Å². The summed E-state index contributed by atoms with van der Waals surface area (Å²) in [5, 5.41) is 0. The first-order chi connectivity index (χ1) is 9.08. The molecule has 19 heavy (non-hydrogen) atoms. The molecule has 0 aliphatic carbocycles. The summed E-state index contributed by atoms with van der Waals surface area (Å²) in [7, 11) is 0. The van der Waals surface area contributed by atoms with Crippen LogP contribution in [0.5, 0.6) is 17.8 Å². The number of benzene rings is 1. The molecule has 0 unspecified atom stereocenters. The normalized spacial score (nSPS) is 10.3. The molecule has 100 valence electrons. The molecule has 0 bridgehead atoms. The zero-order chi connectivity index (χ0) is 13.8. The zero-order valence-electron chi connectivity index (χ0n) is 10.6. The minimum atomic E-state index is -0.512. The van der Waals surface area contributed by atoms with Crippen LogP contribution in [0, 0.1) is 12.7 Å². The number of hydrogen-bond donors (Lipinski definition) is 1. The fourth-order valence-corrected chi connectivity index (χ4v) is 1.38. The lowest BCUT2D eigenvalue weighted by Crippen LogP contribution is -2.05. The fourth-order valence-electron chi connectivity index (χ4n) is 1.38. The summed E-state index contributed by atoms with van der Waals surface area (Å²) in [6, 6.07) is 4.41. The Morgan fingerprint density at radius 2 is 1.95 bits per heavy atom. The summed E-state index contributed by atoms with van der Waals surface area (Å²) in [6.45, 7) is 3.97. The summed E-state index contributed by atoms with van der Waals surface area (Å²) in [6.07, 6.45) is 0. The number of hydrogen-bond acceptors (Lipinski definition) is 6. The molecule has 0 saturated carbocycles. The lowest BCUT2D eigenvalue weighted by atomic mass is 10.2. The Morgan fingerprint density at radius 1 is 1.21 bits per heavy atom. The van der Waals surface area contributed by atoms with Gasteiger partial charge in [0.2, 0.25) is 5.95 Å². The first-order valence-electron chi connectivity index (χ1n) is 5.67. The van der Waals surface area contributed by atoms with Crippen LogP contribution in [-0.4, -0.2) is 21.6 Å². The fraction of sp³-hybridized carbons (Fsp3) is 0.250. The molecule has 0 spiro atoms. The van der Waals surface area contributed by atoms with E-state index in [1.807, 2.05) is 6.92 Å². The van der Waals surface area contributed by atoms with Crippen molar-refractivity contribution in [3.05, 3.63) is 29.6 Å².